The van der Waals surface area contributed by atoms with Gasteiger partial charge in [-0.25, -0.2) is 0 Å². The molecule has 3 saturated carbocycles. The largest absolute Gasteiger partial charge is 0.360 e. The Labute approximate surface area is 131 Å². The zero-order chi connectivity index (χ0) is 13.9. The maximum atomic E-state index is 5.34. The molecule has 3 fully saturated rings. The third kappa shape index (κ3) is 4.74. The maximum Gasteiger partial charge on any atom is 0.166 e. The minimum Gasteiger partial charge on any atom is -0.360 e. The lowest BCUT2D eigenvalue weighted by molar-refractivity contribution is 0.353. The molecular weight excluding hydrogens is 288 g/mol. The molecule has 3 aliphatic carbocycles. The SMILES string of the molecule is S=C(NC1CC1)NC1CCC(NC(=S)NC2CC2)CC1. The molecule has 0 spiro atoms. The fourth-order valence-corrected chi connectivity index (χ4v) is 3.33. The summed E-state index contributed by atoms with van der Waals surface area (Å²) in [5, 5.41) is 15.3. The first kappa shape index (κ1) is 14.3. The lowest BCUT2D eigenvalue weighted by Gasteiger charge is -2.31. The minimum atomic E-state index is 0.525. The topological polar surface area (TPSA) is 48.1 Å². The van der Waals surface area contributed by atoms with Crippen LogP contribution in [0.2, 0.25) is 0 Å². The van der Waals surface area contributed by atoms with Gasteiger partial charge in [0.15, 0.2) is 10.2 Å². The average Bonchev–Trinajstić information content (AvgIpc) is 3.28. The van der Waals surface area contributed by atoms with Crippen molar-refractivity contribution in [3.63, 3.8) is 0 Å². The molecule has 4 N–H and O–H groups in total. The summed E-state index contributed by atoms with van der Waals surface area (Å²) in [4.78, 5) is 0. The number of thiocarbonyl (C=S) groups is 2. The Morgan fingerprint density at radius 3 is 0.900 bits per heavy atom. The van der Waals surface area contributed by atoms with Crippen LogP contribution >= 0.6 is 24.4 Å². The van der Waals surface area contributed by atoms with E-state index in [9.17, 15) is 0 Å². The Kier molecular flexibility index (Phi) is 4.61. The van der Waals surface area contributed by atoms with Gasteiger partial charge in [-0.3, -0.25) is 0 Å². The molecule has 0 atom stereocenters. The zero-order valence-electron chi connectivity index (χ0n) is 11.8. The molecule has 0 aromatic rings. The van der Waals surface area contributed by atoms with Crippen LogP contribution in [0, 0.1) is 0 Å². The Morgan fingerprint density at radius 2 is 0.700 bits per heavy atom. The van der Waals surface area contributed by atoms with Crippen LogP contribution in [0.25, 0.3) is 0 Å². The number of nitrogens with one attached hydrogen (secondary N) is 4. The van der Waals surface area contributed by atoms with Gasteiger partial charge in [-0.2, -0.15) is 0 Å². The second kappa shape index (κ2) is 6.43. The lowest BCUT2D eigenvalue weighted by atomic mass is 9.91. The predicted molar refractivity (Wildman–Crippen MR) is 89.8 cm³/mol. The highest BCUT2D eigenvalue weighted by atomic mass is 32.1. The first-order valence-corrected chi connectivity index (χ1v) is 8.65. The van der Waals surface area contributed by atoms with Crippen LogP contribution in [0.3, 0.4) is 0 Å². The van der Waals surface area contributed by atoms with Crippen molar-refractivity contribution in [2.24, 2.45) is 0 Å². The summed E-state index contributed by atoms with van der Waals surface area (Å²) >= 11 is 10.7. The summed E-state index contributed by atoms with van der Waals surface area (Å²) in [5.74, 6) is 0. The summed E-state index contributed by atoms with van der Waals surface area (Å²) in [6.07, 6.45) is 9.72. The van der Waals surface area contributed by atoms with Crippen molar-refractivity contribution >= 4 is 34.7 Å². The van der Waals surface area contributed by atoms with Gasteiger partial charge in [-0.1, -0.05) is 0 Å². The molecule has 0 aromatic carbocycles. The van der Waals surface area contributed by atoms with E-state index in [0.29, 0.717) is 24.2 Å². The molecule has 3 aliphatic rings. The van der Waals surface area contributed by atoms with Crippen molar-refractivity contribution in [3.05, 3.63) is 0 Å². The summed E-state index contributed by atoms with van der Waals surface area (Å²) in [5.41, 5.74) is 0. The Balaban J connectivity index is 1.31. The van der Waals surface area contributed by atoms with Gasteiger partial charge in [0.05, 0.1) is 0 Å². The third-order valence-electron chi connectivity index (χ3n) is 4.22. The number of rotatable bonds is 4. The fourth-order valence-electron chi connectivity index (χ4n) is 2.66. The van der Waals surface area contributed by atoms with E-state index in [1.165, 1.54) is 25.7 Å². The Hall–Kier alpha value is -0.620. The summed E-state index contributed by atoms with van der Waals surface area (Å²) in [7, 11) is 0. The van der Waals surface area contributed by atoms with Crippen LogP contribution in [0.15, 0.2) is 0 Å². The van der Waals surface area contributed by atoms with Crippen LogP contribution in [-0.4, -0.2) is 34.4 Å². The highest BCUT2D eigenvalue weighted by Crippen LogP contribution is 2.21. The van der Waals surface area contributed by atoms with Crippen molar-refractivity contribution in [3.8, 4) is 0 Å². The van der Waals surface area contributed by atoms with Crippen molar-refractivity contribution in [1.82, 2.24) is 21.3 Å². The smallest absolute Gasteiger partial charge is 0.166 e. The molecule has 20 heavy (non-hydrogen) atoms. The second-order valence-corrected chi connectivity index (χ2v) is 7.15. The first-order chi connectivity index (χ1) is 9.69. The normalized spacial score (nSPS) is 29.4. The van der Waals surface area contributed by atoms with Crippen molar-refractivity contribution in [2.75, 3.05) is 0 Å². The van der Waals surface area contributed by atoms with Gasteiger partial charge in [-0.05, 0) is 75.8 Å². The fraction of sp³-hybridized carbons (Fsp3) is 0.857. The highest BCUT2D eigenvalue weighted by molar-refractivity contribution is 7.80. The van der Waals surface area contributed by atoms with E-state index >= 15 is 0 Å². The maximum absolute atomic E-state index is 5.34. The molecule has 0 heterocycles. The zero-order valence-corrected chi connectivity index (χ0v) is 13.4. The third-order valence-corrected chi connectivity index (χ3v) is 4.69. The molecule has 6 heteroatoms. The van der Waals surface area contributed by atoms with E-state index < -0.39 is 0 Å². The van der Waals surface area contributed by atoms with Crippen LogP contribution in [0.5, 0.6) is 0 Å². The second-order valence-electron chi connectivity index (χ2n) is 6.33. The average molecular weight is 313 g/mol. The molecule has 0 radical (unpaired) electrons. The van der Waals surface area contributed by atoms with Gasteiger partial charge in [0.1, 0.15) is 0 Å². The predicted octanol–water partition coefficient (Wildman–Crippen LogP) is 1.55. The van der Waals surface area contributed by atoms with E-state index in [0.717, 1.165) is 35.9 Å². The Bertz CT molecular complexity index is 335. The highest BCUT2D eigenvalue weighted by Gasteiger charge is 2.26. The van der Waals surface area contributed by atoms with Crippen LogP contribution in [-0.2, 0) is 0 Å². The van der Waals surface area contributed by atoms with Crippen LogP contribution in [0.1, 0.15) is 51.4 Å². The lowest BCUT2D eigenvalue weighted by Crippen LogP contribution is -2.48. The van der Waals surface area contributed by atoms with E-state index in [1.807, 2.05) is 0 Å². The molecule has 0 unspecified atom stereocenters. The standard InChI is InChI=1S/C14H24N4S2/c19-13(17-11-5-6-11)15-9-1-2-10(4-3-9)16-14(20)18-12-7-8-12/h9-12H,1-8H2,(H2,15,17,19)(H2,16,18,20). The molecular formula is C14H24N4S2. The number of hydrogen-bond acceptors (Lipinski definition) is 2. The van der Waals surface area contributed by atoms with Crippen LogP contribution in [0.4, 0.5) is 0 Å². The van der Waals surface area contributed by atoms with Gasteiger partial charge in [-0.15, -0.1) is 0 Å². The molecule has 0 aliphatic heterocycles. The van der Waals surface area contributed by atoms with E-state index in [1.54, 1.807) is 0 Å². The first-order valence-electron chi connectivity index (χ1n) is 7.83. The van der Waals surface area contributed by atoms with Crippen molar-refractivity contribution < 1.29 is 0 Å². The van der Waals surface area contributed by atoms with E-state index in [4.69, 9.17) is 24.4 Å². The van der Waals surface area contributed by atoms with Gasteiger partial charge in [0.25, 0.3) is 0 Å². The molecule has 3 rings (SSSR count). The van der Waals surface area contributed by atoms with E-state index in [-0.39, 0.29) is 0 Å². The molecule has 0 bridgehead atoms. The van der Waals surface area contributed by atoms with Crippen LogP contribution < -0.4 is 21.3 Å². The summed E-state index contributed by atoms with van der Waals surface area (Å²) in [6, 6.07) is 2.33. The molecule has 0 aromatic heterocycles. The van der Waals surface area contributed by atoms with Gasteiger partial charge < -0.3 is 21.3 Å². The summed E-state index contributed by atoms with van der Waals surface area (Å²) in [6.45, 7) is 0. The monoisotopic (exact) mass is 312 g/mol. The van der Waals surface area contributed by atoms with Gasteiger partial charge >= 0.3 is 0 Å². The molecule has 0 saturated heterocycles. The molecule has 0 amide bonds. The van der Waals surface area contributed by atoms with Gasteiger partial charge in [0, 0.05) is 24.2 Å². The Morgan fingerprint density at radius 1 is 0.500 bits per heavy atom. The minimum absolute atomic E-state index is 0.525. The molecule has 112 valence electrons. The van der Waals surface area contributed by atoms with Gasteiger partial charge in [0.2, 0.25) is 0 Å². The quantitative estimate of drug-likeness (QED) is 0.591. The van der Waals surface area contributed by atoms with Crippen molar-refractivity contribution in [1.29, 1.82) is 0 Å². The number of hydrogen-bond donors (Lipinski definition) is 4. The van der Waals surface area contributed by atoms with Crippen molar-refractivity contribution in [2.45, 2.75) is 75.5 Å². The molecule has 4 nitrogen and oxygen atoms in total. The summed E-state index contributed by atoms with van der Waals surface area (Å²) < 4.78 is 0. The van der Waals surface area contributed by atoms with E-state index in [2.05, 4.69) is 21.3 Å².